The molecule has 2 nitrogen and oxygen atoms in total. The highest BCUT2D eigenvalue weighted by Gasteiger charge is 2.20. The van der Waals surface area contributed by atoms with Crippen molar-refractivity contribution in [3.8, 4) is 0 Å². The summed E-state index contributed by atoms with van der Waals surface area (Å²) in [6.45, 7) is 1.67. The fourth-order valence-corrected chi connectivity index (χ4v) is 3.54. The van der Waals surface area contributed by atoms with E-state index in [1.807, 2.05) is 0 Å². The average Bonchev–Trinajstić information content (AvgIpc) is 3.00. The van der Waals surface area contributed by atoms with Gasteiger partial charge in [-0.25, -0.2) is 0 Å². The maximum Gasteiger partial charge on any atom is 0.0999 e. The molecule has 0 amide bonds. The Morgan fingerprint density at radius 1 is 0.952 bits per heavy atom. The number of fused-ring (bicyclic) bond motifs is 2. The summed E-state index contributed by atoms with van der Waals surface area (Å²) in [5, 5.41) is 3.56. The average molecular weight is 279 g/mol. The lowest BCUT2D eigenvalue weighted by molar-refractivity contribution is 0.0513. The smallest absolute Gasteiger partial charge is 0.0999 e. The SMILES string of the molecule is c1ccc2c(c1)CCOC2CNc1ccc2c(c1)CCC2. The van der Waals surface area contributed by atoms with E-state index in [1.165, 1.54) is 47.2 Å². The van der Waals surface area contributed by atoms with Gasteiger partial charge in [-0.3, -0.25) is 0 Å². The van der Waals surface area contributed by atoms with Gasteiger partial charge in [-0.05, 0) is 60.1 Å². The van der Waals surface area contributed by atoms with Gasteiger partial charge >= 0.3 is 0 Å². The van der Waals surface area contributed by atoms with Gasteiger partial charge in [0.15, 0.2) is 0 Å². The molecule has 0 bridgehead atoms. The van der Waals surface area contributed by atoms with Crippen molar-refractivity contribution in [3.05, 3.63) is 64.7 Å². The predicted octanol–water partition coefficient (Wildman–Crippen LogP) is 3.90. The van der Waals surface area contributed by atoms with Crippen LogP contribution in [0, 0.1) is 0 Å². The molecule has 2 aliphatic rings. The third kappa shape index (κ3) is 2.56. The van der Waals surface area contributed by atoms with Crippen molar-refractivity contribution < 1.29 is 4.74 Å². The number of hydrogen-bond donors (Lipinski definition) is 1. The van der Waals surface area contributed by atoms with Crippen LogP contribution in [0.5, 0.6) is 0 Å². The second-order valence-corrected chi connectivity index (χ2v) is 6.03. The van der Waals surface area contributed by atoms with Crippen LogP contribution >= 0.6 is 0 Å². The van der Waals surface area contributed by atoms with Gasteiger partial charge in [-0.1, -0.05) is 30.3 Å². The van der Waals surface area contributed by atoms with Crippen LogP contribution in [-0.2, 0) is 24.0 Å². The zero-order valence-corrected chi connectivity index (χ0v) is 12.3. The summed E-state index contributed by atoms with van der Waals surface area (Å²) in [7, 11) is 0. The molecule has 0 saturated carbocycles. The largest absolute Gasteiger partial charge is 0.382 e. The fourth-order valence-electron chi connectivity index (χ4n) is 3.54. The highest BCUT2D eigenvalue weighted by molar-refractivity contribution is 5.50. The van der Waals surface area contributed by atoms with Crippen LogP contribution in [0.1, 0.15) is 34.8 Å². The molecule has 0 spiro atoms. The molecule has 4 rings (SSSR count). The Hall–Kier alpha value is -1.80. The monoisotopic (exact) mass is 279 g/mol. The lowest BCUT2D eigenvalue weighted by Crippen LogP contribution is -2.22. The Kier molecular flexibility index (Phi) is 3.40. The van der Waals surface area contributed by atoms with Crippen molar-refractivity contribution in [3.63, 3.8) is 0 Å². The minimum Gasteiger partial charge on any atom is -0.382 e. The van der Waals surface area contributed by atoms with E-state index in [9.17, 15) is 0 Å². The van der Waals surface area contributed by atoms with Crippen LogP contribution in [0.25, 0.3) is 0 Å². The van der Waals surface area contributed by atoms with Crippen molar-refractivity contribution in [1.82, 2.24) is 0 Å². The third-order valence-electron chi connectivity index (χ3n) is 4.68. The standard InChI is InChI=1S/C19H21NO/c1-2-7-18-15(4-1)10-11-21-19(18)13-20-17-9-8-14-5-3-6-16(14)12-17/h1-2,4,7-9,12,19-20H,3,5-6,10-11,13H2. The van der Waals surface area contributed by atoms with Gasteiger partial charge in [0.2, 0.25) is 0 Å². The van der Waals surface area contributed by atoms with E-state index in [0.29, 0.717) is 0 Å². The van der Waals surface area contributed by atoms with E-state index in [0.717, 1.165) is 19.6 Å². The highest BCUT2D eigenvalue weighted by atomic mass is 16.5. The number of hydrogen-bond acceptors (Lipinski definition) is 2. The number of aryl methyl sites for hydroxylation is 2. The zero-order valence-electron chi connectivity index (χ0n) is 12.3. The van der Waals surface area contributed by atoms with Crippen molar-refractivity contribution in [2.24, 2.45) is 0 Å². The van der Waals surface area contributed by atoms with Gasteiger partial charge in [-0.15, -0.1) is 0 Å². The number of rotatable bonds is 3. The van der Waals surface area contributed by atoms with Crippen LogP contribution in [-0.4, -0.2) is 13.2 Å². The topological polar surface area (TPSA) is 21.3 Å². The van der Waals surface area contributed by atoms with E-state index in [2.05, 4.69) is 47.8 Å². The molecule has 0 radical (unpaired) electrons. The number of anilines is 1. The molecule has 0 saturated heterocycles. The van der Waals surface area contributed by atoms with Gasteiger partial charge in [0, 0.05) is 12.2 Å². The zero-order chi connectivity index (χ0) is 14.1. The van der Waals surface area contributed by atoms with E-state index >= 15 is 0 Å². The molecule has 2 aromatic carbocycles. The molecule has 2 aromatic rings. The molecule has 1 atom stereocenters. The Morgan fingerprint density at radius 3 is 2.86 bits per heavy atom. The van der Waals surface area contributed by atoms with Crippen LogP contribution in [0.2, 0.25) is 0 Å². The second kappa shape index (κ2) is 5.53. The molecule has 21 heavy (non-hydrogen) atoms. The summed E-state index contributed by atoms with van der Waals surface area (Å²) in [4.78, 5) is 0. The maximum absolute atomic E-state index is 5.96. The van der Waals surface area contributed by atoms with Crippen LogP contribution in [0.15, 0.2) is 42.5 Å². The number of ether oxygens (including phenoxy) is 1. The van der Waals surface area contributed by atoms with E-state index in [4.69, 9.17) is 4.74 Å². The molecule has 1 aliphatic heterocycles. The minimum absolute atomic E-state index is 0.170. The Labute approximate surface area is 126 Å². The molecule has 1 unspecified atom stereocenters. The first-order valence-electron chi connectivity index (χ1n) is 7.95. The first-order chi connectivity index (χ1) is 10.4. The maximum atomic E-state index is 5.96. The van der Waals surface area contributed by atoms with Crippen molar-refractivity contribution in [2.75, 3.05) is 18.5 Å². The van der Waals surface area contributed by atoms with E-state index in [1.54, 1.807) is 0 Å². The van der Waals surface area contributed by atoms with E-state index < -0.39 is 0 Å². The summed E-state index contributed by atoms with van der Waals surface area (Å²) >= 11 is 0. The number of benzene rings is 2. The summed E-state index contributed by atoms with van der Waals surface area (Å²) in [6.07, 6.45) is 4.98. The molecular formula is C19H21NO. The quantitative estimate of drug-likeness (QED) is 0.920. The summed E-state index contributed by atoms with van der Waals surface area (Å²) < 4.78 is 5.96. The fraction of sp³-hybridized carbons (Fsp3) is 0.368. The molecule has 0 fully saturated rings. The molecule has 1 heterocycles. The van der Waals surface area contributed by atoms with Crippen molar-refractivity contribution in [1.29, 1.82) is 0 Å². The van der Waals surface area contributed by atoms with Crippen LogP contribution in [0.4, 0.5) is 5.69 Å². The molecular weight excluding hydrogens is 258 g/mol. The molecule has 2 heteroatoms. The summed E-state index contributed by atoms with van der Waals surface area (Å²) in [6, 6.07) is 15.4. The van der Waals surface area contributed by atoms with Gasteiger partial charge < -0.3 is 10.1 Å². The highest BCUT2D eigenvalue weighted by Crippen LogP contribution is 2.28. The normalized spacial score (nSPS) is 19.9. The predicted molar refractivity (Wildman–Crippen MR) is 85.8 cm³/mol. The van der Waals surface area contributed by atoms with Gasteiger partial charge in [-0.2, -0.15) is 0 Å². The van der Waals surface area contributed by atoms with E-state index in [-0.39, 0.29) is 6.10 Å². The van der Waals surface area contributed by atoms with Gasteiger partial charge in [0.05, 0.1) is 12.7 Å². The second-order valence-electron chi connectivity index (χ2n) is 6.03. The minimum atomic E-state index is 0.170. The van der Waals surface area contributed by atoms with Gasteiger partial charge in [0.1, 0.15) is 0 Å². The number of nitrogens with one attached hydrogen (secondary N) is 1. The van der Waals surface area contributed by atoms with Crippen molar-refractivity contribution in [2.45, 2.75) is 31.8 Å². The lowest BCUT2D eigenvalue weighted by atomic mass is 9.97. The first-order valence-corrected chi connectivity index (χ1v) is 7.95. The lowest BCUT2D eigenvalue weighted by Gasteiger charge is -2.26. The summed E-state index contributed by atoms with van der Waals surface area (Å²) in [5.41, 5.74) is 7.05. The molecule has 1 N–H and O–H groups in total. The van der Waals surface area contributed by atoms with Crippen molar-refractivity contribution >= 4 is 5.69 Å². The molecule has 1 aliphatic carbocycles. The first kappa shape index (κ1) is 12.9. The third-order valence-corrected chi connectivity index (χ3v) is 4.68. The van der Waals surface area contributed by atoms with Crippen LogP contribution in [0.3, 0.4) is 0 Å². The van der Waals surface area contributed by atoms with Gasteiger partial charge in [0.25, 0.3) is 0 Å². The van der Waals surface area contributed by atoms with Crippen LogP contribution < -0.4 is 5.32 Å². The Balaban J connectivity index is 1.48. The summed E-state index contributed by atoms with van der Waals surface area (Å²) in [5.74, 6) is 0. The Morgan fingerprint density at radius 2 is 1.86 bits per heavy atom. The molecule has 0 aromatic heterocycles. The Bertz CT molecular complexity index is 650. The molecule has 108 valence electrons.